The van der Waals surface area contributed by atoms with Crippen LogP contribution in [0.3, 0.4) is 0 Å². The van der Waals surface area contributed by atoms with Gasteiger partial charge in [-0.15, -0.1) is 11.3 Å². The van der Waals surface area contributed by atoms with E-state index in [0.717, 1.165) is 36.4 Å². The molecular formula is C17H19F3N4O2S. The van der Waals surface area contributed by atoms with E-state index in [1.807, 2.05) is 19.0 Å². The fourth-order valence-electron chi connectivity index (χ4n) is 2.22. The molecule has 1 aromatic heterocycles. The molecule has 0 aliphatic carbocycles. The summed E-state index contributed by atoms with van der Waals surface area (Å²) in [6.45, 7) is 1.28. The highest BCUT2D eigenvalue weighted by atomic mass is 32.1. The van der Waals surface area contributed by atoms with E-state index in [1.165, 1.54) is 17.5 Å². The smallest absolute Gasteiger partial charge is 0.351 e. The van der Waals surface area contributed by atoms with E-state index < -0.39 is 29.1 Å². The van der Waals surface area contributed by atoms with E-state index >= 15 is 0 Å². The first kappa shape index (κ1) is 20.8. The van der Waals surface area contributed by atoms with E-state index in [2.05, 4.69) is 15.6 Å². The summed E-state index contributed by atoms with van der Waals surface area (Å²) in [6.07, 6.45) is -3.88. The molecule has 1 aromatic carbocycles. The summed E-state index contributed by atoms with van der Waals surface area (Å²) < 4.78 is 39.0. The molecule has 0 saturated carbocycles. The second-order valence-corrected chi connectivity index (χ2v) is 6.81. The standard InChI is InChI=1S/C17H19F3N4O2S/c1-24(2)9-5-8-21-15(26)13-10-27-16(22-13)23-14(25)11-6-3-4-7-12(11)17(18,19)20/h3-4,6-7,10H,5,8-9H2,1-2H3,(H,21,26)(H,22,23,25). The monoisotopic (exact) mass is 400 g/mol. The normalized spacial score (nSPS) is 11.5. The molecule has 6 nitrogen and oxygen atoms in total. The van der Waals surface area contributed by atoms with Crippen molar-refractivity contribution >= 4 is 28.3 Å². The van der Waals surface area contributed by atoms with Crippen molar-refractivity contribution in [2.24, 2.45) is 0 Å². The molecule has 10 heteroatoms. The zero-order valence-corrected chi connectivity index (χ0v) is 15.6. The van der Waals surface area contributed by atoms with Gasteiger partial charge in [0.2, 0.25) is 0 Å². The Kier molecular flexibility index (Phi) is 6.92. The Labute approximate surface area is 158 Å². The molecule has 0 aliphatic heterocycles. The number of thiazole rings is 1. The van der Waals surface area contributed by atoms with Gasteiger partial charge in [0.25, 0.3) is 11.8 Å². The van der Waals surface area contributed by atoms with Gasteiger partial charge in [-0.25, -0.2) is 4.98 Å². The number of benzene rings is 1. The van der Waals surface area contributed by atoms with Crippen molar-refractivity contribution in [2.75, 3.05) is 32.5 Å². The molecule has 0 bridgehead atoms. The number of carbonyl (C=O) groups excluding carboxylic acids is 2. The highest BCUT2D eigenvalue weighted by molar-refractivity contribution is 7.14. The third-order valence-electron chi connectivity index (χ3n) is 3.50. The summed E-state index contributed by atoms with van der Waals surface area (Å²) in [7, 11) is 3.85. The second-order valence-electron chi connectivity index (χ2n) is 5.95. The Hall–Kier alpha value is -2.46. The Morgan fingerprint density at radius 3 is 2.56 bits per heavy atom. The predicted octanol–water partition coefficient (Wildman–Crippen LogP) is 3.10. The highest BCUT2D eigenvalue weighted by Crippen LogP contribution is 2.32. The molecule has 2 rings (SSSR count). The van der Waals surface area contributed by atoms with Crippen molar-refractivity contribution in [2.45, 2.75) is 12.6 Å². The maximum Gasteiger partial charge on any atom is 0.417 e. The molecule has 146 valence electrons. The van der Waals surface area contributed by atoms with Crippen molar-refractivity contribution in [1.29, 1.82) is 0 Å². The third-order valence-corrected chi connectivity index (χ3v) is 4.26. The summed E-state index contributed by atoms with van der Waals surface area (Å²) >= 11 is 0.965. The molecule has 0 aliphatic rings. The van der Waals surface area contributed by atoms with Crippen LogP contribution < -0.4 is 10.6 Å². The number of amides is 2. The molecule has 0 saturated heterocycles. The average molecular weight is 400 g/mol. The summed E-state index contributed by atoms with van der Waals surface area (Å²) in [4.78, 5) is 30.1. The maximum atomic E-state index is 13.0. The van der Waals surface area contributed by atoms with Crippen LogP contribution in [0.5, 0.6) is 0 Å². The number of nitrogens with one attached hydrogen (secondary N) is 2. The van der Waals surface area contributed by atoms with Gasteiger partial charge >= 0.3 is 6.18 Å². The van der Waals surface area contributed by atoms with Crippen LogP contribution in [0.2, 0.25) is 0 Å². The largest absolute Gasteiger partial charge is 0.417 e. The third kappa shape index (κ3) is 6.04. The van der Waals surface area contributed by atoms with Gasteiger partial charge in [0, 0.05) is 11.9 Å². The summed E-state index contributed by atoms with van der Waals surface area (Å²) in [5.74, 6) is -1.34. The summed E-state index contributed by atoms with van der Waals surface area (Å²) in [5.41, 5.74) is -1.43. The minimum Gasteiger partial charge on any atom is -0.351 e. The first-order valence-corrected chi connectivity index (χ1v) is 8.92. The molecule has 2 aromatic rings. The lowest BCUT2D eigenvalue weighted by molar-refractivity contribution is -0.137. The number of halogens is 3. The number of carbonyl (C=O) groups is 2. The second kappa shape index (κ2) is 8.96. The number of rotatable bonds is 7. The fraction of sp³-hybridized carbons (Fsp3) is 0.353. The van der Waals surface area contributed by atoms with Gasteiger partial charge < -0.3 is 10.2 Å². The van der Waals surface area contributed by atoms with Gasteiger partial charge in [0.15, 0.2) is 5.13 Å². The van der Waals surface area contributed by atoms with Crippen LogP contribution in [0.25, 0.3) is 0 Å². The van der Waals surface area contributed by atoms with Crippen LogP contribution in [0.15, 0.2) is 29.6 Å². The average Bonchev–Trinajstić information content (AvgIpc) is 3.06. The molecule has 0 unspecified atom stereocenters. The number of hydrogen-bond acceptors (Lipinski definition) is 5. The maximum absolute atomic E-state index is 13.0. The van der Waals surface area contributed by atoms with Crippen molar-refractivity contribution < 1.29 is 22.8 Å². The number of nitrogens with zero attached hydrogens (tertiary/aromatic N) is 2. The van der Waals surface area contributed by atoms with Crippen molar-refractivity contribution in [3.63, 3.8) is 0 Å². The molecule has 0 spiro atoms. The van der Waals surface area contributed by atoms with E-state index in [4.69, 9.17) is 0 Å². The quantitative estimate of drug-likeness (QED) is 0.701. The lowest BCUT2D eigenvalue weighted by atomic mass is 10.1. The zero-order chi connectivity index (χ0) is 20.0. The summed E-state index contributed by atoms with van der Waals surface area (Å²) in [6, 6.07) is 4.48. The van der Waals surface area contributed by atoms with Gasteiger partial charge in [-0.1, -0.05) is 12.1 Å². The molecule has 0 atom stereocenters. The van der Waals surface area contributed by atoms with Crippen LogP contribution in [-0.4, -0.2) is 48.9 Å². The minimum atomic E-state index is -4.64. The Balaban J connectivity index is 2.00. The van der Waals surface area contributed by atoms with Gasteiger partial charge in [-0.2, -0.15) is 13.2 Å². The molecule has 2 amide bonds. The van der Waals surface area contributed by atoms with Gasteiger partial charge in [0.1, 0.15) is 5.69 Å². The topological polar surface area (TPSA) is 74.3 Å². The predicted molar refractivity (Wildman–Crippen MR) is 97.0 cm³/mol. The Bertz CT molecular complexity index is 805. The molecule has 1 heterocycles. The van der Waals surface area contributed by atoms with Crippen molar-refractivity contribution in [1.82, 2.24) is 15.2 Å². The SMILES string of the molecule is CN(C)CCCNC(=O)c1csc(NC(=O)c2ccccc2C(F)(F)F)n1. The lowest BCUT2D eigenvalue weighted by Gasteiger charge is -2.11. The highest BCUT2D eigenvalue weighted by Gasteiger charge is 2.35. The molecular weight excluding hydrogens is 381 g/mol. The van der Waals surface area contributed by atoms with Crippen molar-refractivity contribution in [3.8, 4) is 0 Å². The fourth-order valence-corrected chi connectivity index (χ4v) is 2.90. The van der Waals surface area contributed by atoms with Crippen molar-refractivity contribution in [3.05, 3.63) is 46.5 Å². The lowest BCUT2D eigenvalue weighted by Crippen LogP contribution is -2.27. The first-order chi connectivity index (χ1) is 12.7. The van der Waals surface area contributed by atoms with Crippen LogP contribution in [0.4, 0.5) is 18.3 Å². The molecule has 0 radical (unpaired) electrons. The van der Waals surface area contributed by atoms with Gasteiger partial charge in [0.05, 0.1) is 11.1 Å². The number of anilines is 1. The number of aromatic nitrogens is 1. The van der Waals surface area contributed by atoms with Crippen LogP contribution in [0.1, 0.15) is 32.8 Å². The summed E-state index contributed by atoms with van der Waals surface area (Å²) in [5, 5.41) is 6.50. The van der Waals surface area contributed by atoms with Crippen LogP contribution in [0, 0.1) is 0 Å². The van der Waals surface area contributed by atoms with E-state index in [0.29, 0.717) is 6.54 Å². The van der Waals surface area contributed by atoms with Crippen LogP contribution in [-0.2, 0) is 6.18 Å². The van der Waals surface area contributed by atoms with E-state index in [9.17, 15) is 22.8 Å². The molecule has 0 fully saturated rings. The number of alkyl halides is 3. The number of hydrogen-bond donors (Lipinski definition) is 2. The minimum absolute atomic E-state index is 0.0513. The first-order valence-electron chi connectivity index (χ1n) is 8.04. The molecule has 2 N–H and O–H groups in total. The van der Waals surface area contributed by atoms with E-state index in [-0.39, 0.29) is 10.8 Å². The Morgan fingerprint density at radius 1 is 1.19 bits per heavy atom. The molecule has 27 heavy (non-hydrogen) atoms. The van der Waals surface area contributed by atoms with E-state index in [1.54, 1.807) is 0 Å². The Morgan fingerprint density at radius 2 is 1.89 bits per heavy atom. The van der Waals surface area contributed by atoms with Gasteiger partial charge in [-0.3, -0.25) is 14.9 Å². The zero-order valence-electron chi connectivity index (χ0n) is 14.8. The van der Waals surface area contributed by atoms with Crippen LogP contribution >= 0.6 is 11.3 Å². The van der Waals surface area contributed by atoms with Gasteiger partial charge in [-0.05, 0) is 39.2 Å².